The SMILES string of the molecule is OC1CCCN(Cc2ccc(Nc3cccc(-c4nccs4)n3)nc2)C1. The number of hydrogen-bond acceptors (Lipinski definition) is 7. The molecule has 4 rings (SSSR count). The third kappa shape index (κ3) is 4.24. The van der Waals surface area contributed by atoms with E-state index >= 15 is 0 Å². The van der Waals surface area contributed by atoms with Gasteiger partial charge in [-0.1, -0.05) is 12.1 Å². The Morgan fingerprint density at radius 2 is 2.15 bits per heavy atom. The summed E-state index contributed by atoms with van der Waals surface area (Å²) in [7, 11) is 0. The van der Waals surface area contributed by atoms with Crippen LogP contribution in [0.2, 0.25) is 0 Å². The highest BCUT2D eigenvalue weighted by Crippen LogP contribution is 2.22. The number of aliphatic hydroxyl groups is 1. The number of anilines is 2. The Hall–Kier alpha value is -2.35. The van der Waals surface area contributed by atoms with Gasteiger partial charge in [0.25, 0.3) is 0 Å². The molecule has 1 atom stereocenters. The summed E-state index contributed by atoms with van der Waals surface area (Å²) in [5.41, 5.74) is 2.00. The van der Waals surface area contributed by atoms with Gasteiger partial charge in [-0.2, -0.15) is 0 Å². The van der Waals surface area contributed by atoms with Crippen LogP contribution in [0.25, 0.3) is 10.7 Å². The molecular formula is C19H21N5OS. The number of aromatic nitrogens is 3. The molecule has 0 bridgehead atoms. The van der Waals surface area contributed by atoms with Gasteiger partial charge in [-0.15, -0.1) is 11.3 Å². The number of rotatable bonds is 5. The van der Waals surface area contributed by atoms with Gasteiger partial charge in [0.1, 0.15) is 22.3 Å². The van der Waals surface area contributed by atoms with E-state index in [1.54, 1.807) is 17.5 Å². The monoisotopic (exact) mass is 367 g/mol. The second kappa shape index (κ2) is 7.90. The highest BCUT2D eigenvalue weighted by molar-refractivity contribution is 7.13. The predicted molar refractivity (Wildman–Crippen MR) is 103 cm³/mol. The van der Waals surface area contributed by atoms with Crippen molar-refractivity contribution in [2.75, 3.05) is 18.4 Å². The Kier molecular flexibility index (Phi) is 5.19. The maximum Gasteiger partial charge on any atom is 0.141 e. The predicted octanol–water partition coefficient (Wildman–Crippen LogP) is 3.30. The molecule has 1 aliphatic rings. The third-order valence-electron chi connectivity index (χ3n) is 4.37. The number of piperidine rings is 1. The number of thiazole rings is 1. The van der Waals surface area contributed by atoms with Crippen LogP contribution in [-0.2, 0) is 6.54 Å². The molecular weight excluding hydrogens is 346 g/mol. The second-order valence-electron chi connectivity index (χ2n) is 6.45. The molecule has 2 N–H and O–H groups in total. The summed E-state index contributed by atoms with van der Waals surface area (Å²) < 4.78 is 0. The molecule has 6 nitrogen and oxygen atoms in total. The molecule has 0 spiro atoms. The van der Waals surface area contributed by atoms with Crippen molar-refractivity contribution in [2.24, 2.45) is 0 Å². The van der Waals surface area contributed by atoms with E-state index in [-0.39, 0.29) is 6.10 Å². The Balaban J connectivity index is 1.40. The minimum absolute atomic E-state index is 0.200. The molecule has 0 aliphatic carbocycles. The molecule has 1 unspecified atom stereocenters. The lowest BCUT2D eigenvalue weighted by molar-refractivity contribution is 0.0668. The molecule has 0 amide bonds. The van der Waals surface area contributed by atoms with Crippen molar-refractivity contribution >= 4 is 23.0 Å². The van der Waals surface area contributed by atoms with Crippen molar-refractivity contribution in [1.82, 2.24) is 19.9 Å². The average molecular weight is 367 g/mol. The van der Waals surface area contributed by atoms with E-state index in [9.17, 15) is 5.11 Å². The van der Waals surface area contributed by atoms with Crippen LogP contribution in [0.3, 0.4) is 0 Å². The van der Waals surface area contributed by atoms with Crippen LogP contribution in [0.15, 0.2) is 48.1 Å². The number of aliphatic hydroxyl groups excluding tert-OH is 1. The lowest BCUT2D eigenvalue weighted by Crippen LogP contribution is -2.37. The summed E-state index contributed by atoms with van der Waals surface area (Å²) in [4.78, 5) is 15.7. The van der Waals surface area contributed by atoms with Gasteiger partial charge < -0.3 is 10.4 Å². The summed E-state index contributed by atoms with van der Waals surface area (Å²) in [6, 6.07) is 9.87. The van der Waals surface area contributed by atoms with Gasteiger partial charge in [0, 0.05) is 30.9 Å². The standard InChI is InChI=1S/C19H21N5OS/c25-15-3-2-9-24(13-15)12-14-6-7-17(21-11-14)23-18-5-1-4-16(22-18)19-20-8-10-26-19/h1,4-8,10-11,15,25H,2-3,9,12-13H2,(H,21,22,23). The Morgan fingerprint density at radius 1 is 1.19 bits per heavy atom. The fraction of sp³-hybridized carbons (Fsp3) is 0.316. The first-order valence-electron chi connectivity index (χ1n) is 8.75. The van der Waals surface area contributed by atoms with Crippen molar-refractivity contribution < 1.29 is 5.11 Å². The molecule has 3 aromatic rings. The van der Waals surface area contributed by atoms with E-state index in [4.69, 9.17) is 0 Å². The fourth-order valence-corrected chi connectivity index (χ4v) is 3.74. The lowest BCUT2D eigenvalue weighted by atomic mass is 10.1. The summed E-state index contributed by atoms with van der Waals surface area (Å²) in [5, 5.41) is 15.9. The first-order chi connectivity index (χ1) is 12.8. The van der Waals surface area contributed by atoms with E-state index in [0.29, 0.717) is 0 Å². The quantitative estimate of drug-likeness (QED) is 0.721. The zero-order valence-electron chi connectivity index (χ0n) is 14.4. The van der Waals surface area contributed by atoms with E-state index in [0.717, 1.165) is 60.4 Å². The van der Waals surface area contributed by atoms with E-state index in [1.807, 2.05) is 35.8 Å². The van der Waals surface area contributed by atoms with Gasteiger partial charge in [-0.3, -0.25) is 4.90 Å². The summed E-state index contributed by atoms with van der Waals surface area (Å²) in [6.45, 7) is 2.60. The minimum atomic E-state index is -0.200. The fourth-order valence-electron chi connectivity index (χ4n) is 3.13. The van der Waals surface area contributed by atoms with E-state index < -0.39 is 0 Å². The van der Waals surface area contributed by atoms with Crippen molar-refractivity contribution in [3.05, 3.63) is 53.7 Å². The topological polar surface area (TPSA) is 74.2 Å². The van der Waals surface area contributed by atoms with Crippen LogP contribution < -0.4 is 5.32 Å². The van der Waals surface area contributed by atoms with Crippen LogP contribution in [0.1, 0.15) is 18.4 Å². The van der Waals surface area contributed by atoms with Crippen LogP contribution in [0, 0.1) is 0 Å². The van der Waals surface area contributed by atoms with Gasteiger partial charge in [0.05, 0.1) is 6.10 Å². The maximum absolute atomic E-state index is 9.78. The molecule has 0 radical (unpaired) electrons. The molecule has 4 heterocycles. The van der Waals surface area contributed by atoms with Gasteiger partial charge in [0.15, 0.2) is 0 Å². The van der Waals surface area contributed by atoms with E-state index in [1.165, 1.54) is 0 Å². The zero-order chi connectivity index (χ0) is 17.8. The first kappa shape index (κ1) is 17.1. The van der Waals surface area contributed by atoms with Crippen LogP contribution in [-0.4, -0.2) is 44.2 Å². The Bertz CT molecular complexity index is 837. The number of hydrogen-bond donors (Lipinski definition) is 2. The molecule has 1 fully saturated rings. The number of pyridine rings is 2. The average Bonchev–Trinajstić information content (AvgIpc) is 3.19. The second-order valence-corrected chi connectivity index (χ2v) is 7.35. The van der Waals surface area contributed by atoms with Crippen molar-refractivity contribution in [3.8, 4) is 10.7 Å². The summed E-state index contributed by atoms with van der Waals surface area (Å²) in [6.07, 6.45) is 5.42. The largest absolute Gasteiger partial charge is 0.392 e. The molecule has 26 heavy (non-hydrogen) atoms. The molecule has 0 aromatic carbocycles. The van der Waals surface area contributed by atoms with Crippen LogP contribution in [0.5, 0.6) is 0 Å². The Morgan fingerprint density at radius 3 is 2.92 bits per heavy atom. The van der Waals surface area contributed by atoms with Gasteiger partial charge in [0.2, 0.25) is 0 Å². The molecule has 134 valence electrons. The number of β-amino-alcohol motifs (C(OH)–C–C–N with tert-alkyl or cyclic N) is 1. The summed E-state index contributed by atoms with van der Waals surface area (Å²) >= 11 is 1.57. The molecule has 1 saturated heterocycles. The van der Waals surface area contributed by atoms with Crippen molar-refractivity contribution in [2.45, 2.75) is 25.5 Å². The van der Waals surface area contributed by atoms with Gasteiger partial charge in [-0.25, -0.2) is 15.0 Å². The highest BCUT2D eigenvalue weighted by atomic mass is 32.1. The van der Waals surface area contributed by atoms with Crippen LogP contribution in [0.4, 0.5) is 11.6 Å². The zero-order valence-corrected chi connectivity index (χ0v) is 15.2. The Labute approximate surface area is 156 Å². The smallest absolute Gasteiger partial charge is 0.141 e. The number of nitrogens with one attached hydrogen (secondary N) is 1. The van der Waals surface area contributed by atoms with Crippen molar-refractivity contribution in [3.63, 3.8) is 0 Å². The lowest BCUT2D eigenvalue weighted by Gasteiger charge is -2.29. The minimum Gasteiger partial charge on any atom is -0.392 e. The first-order valence-corrected chi connectivity index (χ1v) is 9.63. The molecule has 1 aliphatic heterocycles. The molecule has 3 aromatic heterocycles. The van der Waals surface area contributed by atoms with Gasteiger partial charge >= 0.3 is 0 Å². The van der Waals surface area contributed by atoms with Gasteiger partial charge in [-0.05, 0) is 43.1 Å². The maximum atomic E-state index is 9.78. The number of likely N-dealkylation sites (tertiary alicyclic amines) is 1. The number of nitrogens with zero attached hydrogens (tertiary/aromatic N) is 4. The molecule has 0 saturated carbocycles. The normalized spacial score (nSPS) is 18.0. The van der Waals surface area contributed by atoms with E-state index in [2.05, 4.69) is 31.2 Å². The highest BCUT2D eigenvalue weighted by Gasteiger charge is 2.17. The van der Waals surface area contributed by atoms with Crippen molar-refractivity contribution in [1.29, 1.82) is 0 Å². The third-order valence-corrected chi connectivity index (χ3v) is 5.16. The summed E-state index contributed by atoms with van der Waals surface area (Å²) in [5.74, 6) is 1.51. The molecule has 7 heteroatoms. The van der Waals surface area contributed by atoms with Crippen LogP contribution >= 0.6 is 11.3 Å².